The highest BCUT2D eigenvalue weighted by molar-refractivity contribution is 5.93. The summed E-state index contributed by atoms with van der Waals surface area (Å²) in [5.41, 5.74) is 0.998. The lowest BCUT2D eigenvalue weighted by molar-refractivity contribution is -0.116. The predicted octanol–water partition coefficient (Wildman–Crippen LogP) is 4.05. The van der Waals surface area contributed by atoms with E-state index in [1.807, 2.05) is 6.08 Å². The summed E-state index contributed by atoms with van der Waals surface area (Å²) in [5, 5.41) is 10.9. The minimum atomic E-state index is -0.508. The summed E-state index contributed by atoms with van der Waals surface area (Å²) in [5.74, 6) is 2.19. The molecule has 4 aliphatic carbocycles. The van der Waals surface area contributed by atoms with Crippen LogP contribution in [0.2, 0.25) is 0 Å². The number of fused-ring (bicyclic) bond motifs is 5. The normalized spacial score (nSPS) is 53.5. The first kappa shape index (κ1) is 14.7. The summed E-state index contributed by atoms with van der Waals surface area (Å²) >= 11 is 0. The summed E-state index contributed by atoms with van der Waals surface area (Å²) in [6.07, 6.45) is 12.5. The smallest absolute Gasteiger partial charge is 0.159 e. The van der Waals surface area contributed by atoms with Gasteiger partial charge in [-0.1, -0.05) is 31.6 Å². The summed E-state index contributed by atoms with van der Waals surface area (Å²) in [6, 6.07) is 0. The van der Waals surface area contributed by atoms with Gasteiger partial charge in [0.05, 0.1) is 5.60 Å². The van der Waals surface area contributed by atoms with E-state index in [1.165, 1.54) is 12.0 Å². The van der Waals surface area contributed by atoms with Crippen LogP contribution in [0.5, 0.6) is 0 Å². The van der Waals surface area contributed by atoms with E-state index in [0.717, 1.165) is 25.7 Å². The van der Waals surface area contributed by atoms with Gasteiger partial charge in [-0.3, -0.25) is 4.79 Å². The molecule has 2 heteroatoms. The van der Waals surface area contributed by atoms with Crippen molar-refractivity contribution in [1.29, 1.82) is 0 Å². The van der Waals surface area contributed by atoms with Crippen molar-refractivity contribution in [2.24, 2.45) is 28.6 Å². The second kappa shape index (κ2) is 4.35. The van der Waals surface area contributed by atoms with Gasteiger partial charge in [0.2, 0.25) is 0 Å². The zero-order valence-corrected chi connectivity index (χ0v) is 14.1. The van der Waals surface area contributed by atoms with Gasteiger partial charge in [-0.15, -0.1) is 0 Å². The number of carbonyl (C=O) groups excluding carboxylic acids is 1. The van der Waals surface area contributed by atoms with Crippen LogP contribution in [0.4, 0.5) is 0 Å². The topological polar surface area (TPSA) is 37.3 Å². The molecule has 0 aromatic rings. The maximum atomic E-state index is 11.8. The van der Waals surface area contributed by atoms with E-state index < -0.39 is 5.60 Å². The minimum absolute atomic E-state index is 0.0735. The van der Waals surface area contributed by atoms with E-state index in [2.05, 4.69) is 32.9 Å². The molecule has 4 rings (SSSR count). The van der Waals surface area contributed by atoms with Crippen LogP contribution in [-0.2, 0) is 4.79 Å². The Balaban J connectivity index is 1.73. The van der Waals surface area contributed by atoms with Gasteiger partial charge in [-0.25, -0.2) is 0 Å². The van der Waals surface area contributed by atoms with Gasteiger partial charge >= 0.3 is 0 Å². The molecule has 6 atom stereocenters. The maximum Gasteiger partial charge on any atom is 0.159 e. The van der Waals surface area contributed by atoms with Crippen molar-refractivity contribution in [2.75, 3.05) is 0 Å². The lowest BCUT2D eigenvalue weighted by Crippen LogP contribution is -2.53. The molecular weight excluding hydrogens is 272 g/mol. The second-order valence-corrected chi connectivity index (χ2v) is 8.87. The van der Waals surface area contributed by atoms with Crippen LogP contribution < -0.4 is 0 Å². The van der Waals surface area contributed by atoms with Gasteiger partial charge in [-0.2, -0.15) is 0 Å². The monoisotopic (exact) mass is 300 g/mol. The van der Waals surface area contributed by atoms with Crippen molar-refractivity contribution < 1.29 is 9.90 Å². The Hall–Kier alpha value is -0.890. The lowest BCUT2D eigenvalue weighted by atomic mass is 9.48. The fraction of sp³-hybridized carbons (Fsp3) is 0.750. The zero-order chi connectivity index (χ0) is 15.8. The van der Waals surface area contributed by atoms with Crippen molar-refractivity contribution in [3.63, 3.8) is 0 Å². The molecular formula is C20H28O2. The van der Waals surface area contributed by atoms with E-state index in [9.17, 15) is 9.90 Å². The molecule has 0 aromatic heterocycles. The number of ketones is 1. The molecule has 0 amide bonds. The molecule has 2 nitrogen and oxygen atoms in total. The SMILES string of the molecule is CC1(O)CC[C@H]2[C@@H]3CC=C4CC(=O)C=C[C@]4(C)[C@H]3CC[C@@]21C. The van der Waals surface area contributed by atoms with Crippen molar-refractivity contribution in [1.82, 2.24) is 0 Å². The van der Waals surface area contributed by atoms with Crippen LogP contribution >= 0.6 is 0 Å². The third kappa shape index (κ3) is 1.68. The average molecular weight is 300 g/mol. The van der Waals surface area contributed by atoms with Crippen LogP contribution in [0.3, 0.4) is 0 Å². The van der Waals surface area contributed by atoms with Gasteiger partial charge in [0.15, 0.2) is 5.78 Å². The number of hydrogen-bond donors (Lipinski definition) is 1. The molecule has 4 aliphatic rings. The Morgan fingerprint density at radius 1 is 1.14 bits per heavy atom. The van der Waals surface area contributed by atoms with Crippen LogP contribution in [0.25, 0.3) is 0 Å². The molecule has 0 spiro atoms. The van der Waals surface area contributed by atoms with Gasteiger partial charge in [0.25, 0.3) is 0 Å². The largest absolute Gasteiger partial charge is 0.390 e. The van der Waals surface area contributed by atoms with Gasteiger partial charge < -0.3 is 5.11 Å². The molecule has 0 aliphatic heterocycles. The minimum Gasteiger partial charge on any atom is -0.390 e. The van der Waals surface area contributed by atoms with Gasteiger partial charge in [0, 0.05) is 11.8 Å². The molecule has 2 fully saturated rings. The average Bonchev–Trinajstić information content (AvgIpc) is 2.70. The van der Waals surface area contributed by atoms with Crippen LogP contribution in [0.1, 0.15) is 59.3 Å². The molecule has 1 N–H and O–H groups in total. The summed E-state index contributed by atoms with van der Waals surface area (Å²) in [4.78, 5) is 11.8. The zero-order valence-electron chi connectivity index (χ0n) is 14.1. The number of aliphatic hydroxyl groups is 1. The summed E-state index contributed by atoms with van der Waals surface area (Å²) in [7, 11) is 0. The van der Waals surface area contributed by atoms with E-state index in [4.69, 9.17) is 0 Å². The van der Waals surface area contributed by atoms with Gasteiger partial charge in [-0.05, 0) is 68.3 Å². The van der Waals surface area contributed by atoms with Crippen LogP contribution in [0.15, 0.2) is 23.8 Å². The molecule has 0 heterocycles. The predicted molar refractivity (Wildman–Crippen MR) is 87.2 cm³/mol. The van der Waals surface area contributed by atoms with E-state index in [-0.39, 0.29) is 16.6 Å². The standard InChI is InChI=1S/C20H28O2/c1-18-9-6-14(21)12-13(18)4-5-15-16(18)7-10-19(2)17(15)8-11-20(19,3)22/h4,6,9,15-17,22H,5,7-8,10-12H2,1-3H3/t15-,16+,17+,18+,19+,20?/m1/s1. The Kier molecular flexibility index (Phi) is 2.90. The quantitative estimate of drug-likeness (QED) is 0.685. The first-order valence-corrected chi connectivity index (χ1v) is 8.92. The molecule has 22 heavy (non-hydrogen) atoms. The Morgan fingerprint density at radius 3 is 2.64 bits per heavy atom. The van der Waals surface area contributed by atoms with E-state index in [1.54, 1.807) is 0 Å². The fourth-order valence-corrected chi connectivity index (χ4v) is 6.35. The van der Waals surface area contributed by atoms with Gasteiger partial charge in [0.1, 0.15) is 0 Å². The summed E-state index contributed by atoms with van der Waals surface area (Å²) in [6.45, 7) is 6.72. The number of carbonyl (C=O) groups is 1. The third-order valence-electron chi connectivity index (χ3n) is 8.08. The Bertz CT molecular complexity index is 585. The van der Waals surface area contributed by atoms with Crippen LogP contribution in [0, 0.1) is 28.6 Å². The molecule has 0 aromatic carbocycles. The first-order valence-electron chi connectivity index (χ1n) is 8.92. The Labute approximate surface area is 133 Å². The molecule has 1 unspecified atom stereocenters. The highest BCUT2D eigenvalue weighted by Crippen LogP contribution is 2.66. The lowest BCUT2D eigenvalue weighted by Gasteiger charge is -2.57. The first-order chi connectivity index (χ1) is 10.3. The molecule has 0 bridgehead atoms. The molecule has 2 saturated carbocycles. The maximum absolute atomic E-state index is 11.8. The number of hydrogen-bond acceptors (Lipinski definition) is 2. The molecule has 0 radical (unpaired) electrons. The number of rotatable bonds is 0. The van der Waals surface area contributed by atoms with Crippen molar-refractivity contribution >= 4 is 5.78 Å². The highest BCUT2D eigenvalue weighted by Gasteiger charge is 2.61. The van der Waals surface area contributed by atoms with Crippen LogP contribution in [-0.4, -0.2) is 16.5 Å². The Morgan fingerprint density at radius 2 is 1.86 bits per heavy atom. The molecule has 120 valence electrons. The fourth-order valence-electron chi connectivity index (χ4n) is 6.35. The molecule has 0 saturated heterocycles. The van der Waals surface area contributed by atoms with E-state index >= 15 is 0 Å². The second-order valence-electron chi connectivity index (χ2n) is 8.87. The van der Waals surface area contributed by atoms with E-state index in [0.29, 0.717) is 24.2 Å². The number of allylic oxidation sites excluding steroid dienone is 4. The highest BCUT2D eigenvalue weighted by atomic mass is 16.3. The van der Waals surface area contributed by atoms with Crippen molar-refractivity contribution in [2.45, 2.75) is 64.9 Å². The summed E-state index contributed by atoms with van der Waals surface area (Å²) < 4.78 is 0. The third-order valence-corrected chi connectivity index (χ3v) is 8.08. The van der Waals surface area contributed by atoms with Crippen molar-refractivity contribution in [3.8, 4) is 0 Å². The van der Waals surface area contributed by atoms with Crippen molar-refractivity contribution in [3.05, 3.63) is 23.8 Å².